The van der Waals surface area contributed by atoms with Crippen molar-refractivity contribution in [2.24, 2.45) is 0 Å². The maximum absolute atomic E-state index is 12.9. The molecule has 32 heavy (non-hydrogen) atoms. The summed E-state index contributed by atoms with van der Waals surface area (Å²) in [6, 6.07) is 15.2. The summed E-state index contributed by atoms with van der Waals surface area (Å²) in [6.45, 7) is 3.55. The van der Waals surface area contributed by atoms with E-state index in [1.54, 1.807) is 0 Å². The summed E-state index contributed by atoms with van der Waals surface area (Å²) in [6.07, 6.45) is 3.28. The Balaban J connectivity index is 1.42. The van der Waals surface area contributed by atoms with E-state index in [1.807, 2.05) is 65.7 Å². The van der Waals surface area contributed by atoms with Crippen LogP contribution < -0.4 is 5.32 Å². The van der Waals surface area contributed by atoms with Crippen LogP contribution in [-0.2, 0) is 4.79 Å². The molecule has 2 heterocycles. The molecule has 0 aliphatic carbocycles. The number of aromatic nitrogens is 1. The third-order valence-electron chi connectivity index (χ3n) is 5.75. The number of amides is 2. The molecule has 7 heteroatoms. The minimum absolute atomic E-state index is 0.218. The molecule has 4 rings (SSSR count). The summed E-state index contributed by atoms with van der Waals surface area (Å²) in [5, 5.41) is 6.48. The number of hydrogen-bond acceptors (Lipinski definition) is 4. The second-order valence-corrected chi connectivity index (χ2v) is 9.31. The Morgan fingerprint density at radius 2 is 1.84 bits per heavy atom. The minimum Gasteiger partial charge on any atom is -0.343 e. The van der Waals surface area contributed by atoms with Gasteiger partial charge in [-0.3, -0.25) is 9.59 Å². The van der Waals surface area contributed by atoms with Gasteiger partial charge in [0.1, 0.15) is 5.69 Å². The summed E-state index contributed by atoms with van der Waals surface area (Å²) >= 11 is 7.54. The van der Waals surface area contributed by atoms with Crippen LogP contribution in [0.5, 0.6) is 0 Å². The number of halogens is 1. The molecule has 3 aromatic rings. The lowest BCUT2D eigenvalue weighted by Crippen LogP contribution is -2.37. The molecule has 0 radical (unpaired) electrons. The van der Waals surface area contributed by atoms with Crippen molar-refractivity contribution in [2.45, 2.75) is 38.5 Å². The number of nitrogens with zero attached hydrogens (tertiary/aromatic N) is 2. The van der Waals surface area contributed by atoms with Crippen molar-refractivity contribution in [3.63, 3.8) is 0 Å². The molecule has 0 spiro atoms. The Kier molecular flexibility index (Phi) is 7.22. The maximum atomic E-state index is 12.9. The number of likely N-dealkylation sites (tertiary alicyclic amines) is 1. The average molecular weight is 468 g/mol. The van der Waals surface area contributed by atoms with Crippen LogP contribution >= 0.6 is 22.9 Å². The van der Waals surface area contributed by atoms with Gasteiger partial charge in [-0.25, -0.2) is 4.98 Å². The number of para-hydroxylation sites is 1. The Hall–Kier alpha value is -2.70. The van der Waals surface area contributed by atoms with Crippen LogP contribution in [0.4, 0.5) is 5.69 Å². The van der Waals surface area contributed by atoms with Crippen LogP contribution in [-0.4, -0.2) is 34.8 Å². The molecule has 1 aliphatic heterocycles. The highest BCUT2D eigenvalue weighted by Crippen LogP contribution is 2.32. The van der Waals surface area contributed by atoms with Crippen molar-refractivity contribution in [2.75, 3.05) is 18.4 Å². The van der Waals surface area contributed by atoms with Gasteiger partial charge in [-0.05, 0) is 43.0 Å². The van der Waals surface area contributed by atoms with Gasteiger partial charge in [0.15, 0.2) is 0 Å². The molecule has 1 aliphatic rings. The first-order chi connectivity index (χ1) is 15.5. The van der Waals surface area contributed by atoms with Gasteiger partial charge < -0.3 is 10.2 Å². The Morgan fingerprint density at radius 1 is 1.12 bits per heavy atom. The number of piperidine rings is 1. The Labute approximate surface area is 197 Å². The fourth-order valence-corrected chi connectivity index (χ4v) is 5.08. The number of thiazole rings is 1. The lowest BCUT2D eigenvalue weighted by molar-refractivity contribution is -0.132. The first kappa shape index (κ1) is 22.5. The number of rotatable bonds is 6. The maximum Gasteiger partial charge on any atom is 0.275 e. The lowest BCUT2D eigenvalue weighted by Gasteiger charge is -2.31. The van der Waals surface area contributed by atoms with Gasteiger partial charge in [-0.15, -0.1) is 11.3 Å². The molecule has 1 fully saturated rings. The van der Waals surface area contributed by atoms with Gasteiger partial charge in [0, 0.05) is 47.1 Å². The van der Waals surface area contributed by atoms with E-state index in [0.717, 1.165) is 54.2 Å². The van der Waals surface area contributed by atoms with Gasteiger partial charge in [0.2, 0.25) is 5.91 Å². The van der Waals surface area contributed by atoms with E-state index in [2.05, 4.69) is 10.3 Å². The highest BCUT2D eigenvalue weighted by molar-refractivity contribution is 7.10. The van der Waals surface area contributed by atoms with E-state index in [0.29, 0.717) is 23.1 Å². The molecule has 0 saturated carbocycles. The number of anilines is 1. The summed E-state index contributed by atoms with van der Waals surface area (Å²) in [5.74, 6) is 0.322. The normalized spacial score (nSPS) is 14.4. The van der Waals surface area contributed by atoms with E-state index in [1.165, 1.54) is 11.3 Å². The lowest BCUT2D eigenvalue weighted by atomic mass is 9.97. The van der Waals surface area contributed by atoms with E-state index in [-0.39, 0.29) is 11.8 Å². The van der Waals surface area contributed by atoms with Crippen LogP contribution in [0, 0.1) is 0 Å². The van der Waals surface area contributed by atoms with Gasteiger partial charge in [-0.2, -0.15) is 0 Å². The average Bonchev–Trinajstić information content (AvgIpc) is 3.31. The topological polar surface area (TPSA) is 62.3 Å². The smallest absolute Gasteiger partial charge is 0.275 e. The fourth-order valence-electron chi connectivity index (χ4n) is 3.99. The molecule has 0 unspecified atom stereocenters. The molecule has 2 amide bonds. The van der Waals surface area contributed by atoms with Gasteiger partial charge in [-0.1, -0.05) is 48.9 Å². The SMILES string of the molecule is CCCC(=O)N1CCC(c2nc(C(=O)Nc3ccccc3-c3ccc(Cl)cc3)cs2)CC1. The number of carbonyl (C=O) groups excluding carboxylic acids is 2. The number of hydrogen-bond donors (Lipinski definition) is 1. The summed E-state index contributed by atoms with van der Waals surface area (Å²) in [7, 11) is 0. The Morgan fingerprint density at radius 3 is 2.56 bits per heavy atom. The molecular weight excluding hydrogens is 442 g/mol. The van der Waals surface area contributed by atoms with Crippen molar-refractivity contribution in [1.82, 2.24) is 9.88 Å². The third kappa shape index (κ3) is 5.19. The van der Waals surface area contributed by atoms with Gasteiger partial charge in [0.25, 0.3) is 5.91 Å². The zero-order valence-electron chi connectivity index (χ0n) is 18.0. The van der Waals surface area contributed by atoms with E-state index in [4.69, 9.17) is 11.6 Å². The molecule has 1 aromatic heterocycles. The third-order valence-corrected chi connectivity index (χ3v) is 7.01. The largest absolute Gasteiger partial charge is 0.343 e. The van der Waals surface area contributed by atoms with Crippen LogP contribution in [0.15, 0.2) is 53.9 Å². The predicted molar refractivity (Wildman–Crippen MR) is 130 cm³/mol. The van der Waals surface area contributed by atoms with E-state index < -0.39 is 0 Å². The predicted octanol–water partition coefficient (Wildman–Crippen LogP) is 6.22. The second kappa shape index (κ2) is 10.3. The standard InChI is InChI=1S/C25H26ClN3O2S/c1-2-5-23(30)29-14-12-18(13-15-29)25-28-22(16-32-25)24(31)27-21-7-4-3-6-20(21)17-8-10-19(26)11-9-17/h3-4,6-11,16,18H,2,5,12-15H2,1H3,(H,27,31). The molecule has 5 nitrogen and oxygen atoms in total. The molecule has 166 valence electrons. The minimum atomic E-state index is -0.218. The van der Waals surface area contributed by atoms with Gasteiger partial charge in [0.05, 0.1) is 5.01 Å². The zero-order chi connectivity index (χ0) is 22.5. The van der Waals surface area contributed by atoms with Crippen LogP contribution in [0.2, 0.25) is 5.02 Å². The molecule has 0 bridgehead atoms. The molecule has 1 N–H and O–H groups in total. The van der Waals surface area contributed by atoms with Crippen molar-refractivity contribution >= 4 is 40.4 Å². The number of carbonyl (C=O) groups is 2. The number of nitrogens with one attached hydrogen (secondary N) is 1. The first-order valence-electron chi connectivity index (χ1n) is 10.9. The van der Waals surface area contributed by atoms with Crippen LogP contribution in [0.1, 0.15) is 54.0 Å². The fraction of sp³-hybridized carbons (Fsp3) is 0.320. The molecule has 1 saturated heterocycles. The van der Waals surface area contributed by atoms with Crippen LogP contribution in [0.3, 0.4) is 0 Å². The van der Waals surface area contributed by atoms with Crippen molar-refractivity contribution in [3.05, 3.63) is 69.6 Å². The Bertz CT molecular complexity index is 1090. The zero-order valence-corrected chi connectivity index (χ0v) is 19.6. The molecule has 0 atom stereocenters. The van der Waals surface area contributed by atoms with Crippen molar-refractivity contribution in [1.29, 1.82) is 0 Å². The highest BCUT2D eigenvalue weighted by Gasteiger charge is 2.26. The molecular formula is C25H26ClN3O2S. The molecule has 2 aromatic carbocycles. The van der Waals surface area contributed by atoms with E-state index in [9.17, 15) is 9.59 Å². The van der Waals surface area contributed by atoms with E-state index >= 15 is 0 Å². The number of benzene rings is 2. The highest BCUT2D eigenvalue weighted by atomic mass is 35.5. The summed E-state index contributed by atoms with van der Waals surface area (Å²) < 4.78 is 0. The second-order valence-electron chi connectivity index (χ2n) is 7.98. The van der Waals surface area contributed by atoms with Gasteiger partial charge >= 0.3 is 0 Å². The monoisotopic (exact) mass is 467 g/mol. The van der Waals surface area contributed by atoms with Crippen LogP contribution in [0.25, 0.3) is 11.1 Å². The van der Waals surface area contributed by atoms with Crippen molar-refractivity contribution < 1.29 is 9.59 Å². The quantitative estimate of drug-likeness (QED) is 0.468. The first-order valence-corrected chi connectivity index (χ1v) is 12.2. The summed E-state index contributed by atoms with van der Waals surface area (Å²) in [5.41, 5.74) is 3.07. The summed E-state index contributed by atoms with van der Waals surface area (Å²) in [4.78, 5) is 31.6. The van der Waals surface area contributed by atoms with Crippen molar-refractivity contribution in [3.8, 4) is 11.1 Å².